The maximum Gasteiger partial charge on any atom is 0.259 e. The Bertz CT molecular complexity index is 876. The van der Waals surface area contributed by atoms with Crippen molar-refractivity contribution < 1.29 is 9.18 Å². The molecule has 6 heteroatoms. The summed E-state index contributed by atoms with van der Waals surface area (Å²) in [5.41, 5.74) is 1.75. The molecule has 1 fully saturated rings. The van der Waals surface area contributed by atoms with Gasteiger partial charge in [0.15, 0.2) is 5.43 Å². The molecule has 5 nitrogen and oxygen atoms in total. The molecule has 0 aliphatic carbocycles. The molecule has 2 aromatic rings. The summed E-state index contributed by atoms with van der Waals surface area (Å²) in [5.74, 6) is -0.110. The van der Waals surface area contributed by atoms with Crippen LogP contribution in [0.15, 0.2) is 41.3 Å². The van der Waals surface area contributed by atoms with Crippen LogP contribution in [0.2, 0.25) is 0 Å². The van der Waals surface area contributed by atoms with Crippen molar-refractivity contribution in [3.05, 3.63) is 69.4 Å². The Morgan fingerprint density at radius 1 is 1.25 bits per heavy atom. The first kappa shape index (κ1) is 20.3. The van der Waals surface area contributed by atoms with Gasteiger partial charge >= 0.3 is 0 Å². The molecule has 1 aromatic carbocycles. The fraction of sp³-hybridized carbons (Fsp3) is 0.455. The number of hydrogen-bond donors (Lipinski definition) is 1. The van der Waals surface area contributed by atoms with E-state index in [0.717, 1.165) is 30.8 Å². The minimum Gasteiger partial charge on any atom is -0.364 e. The molecule has 0 saturated carbocycles. The van der Waals surface area contributed by atoms with Crippen LogP contribution in [-0.2, 0) is 6.54 Å². The number of benzene rings is 1. The number of amides is 1. The van der Waals surface area contributed by atoms with Crippen LogP contribution in [0.5, 0.6) is 0 Å². The Morgan fingerprint density at radius 3 is 2.61 bits per heavy atom. The third-order valence-electron chi connectivity index (χ3n) is 5.39. The zero-order valence-electron chi connectivity index (χ0n) is 16.7. The number of carbonyl (C=O) groups is 1. The van der Waals surface area contributed by atoms with E-state index in [4.69, 9.17) is 0 Å². The van der Waals surface area contributed by atoms with Crippen molar-refractivity contribution >= 4 is 5.91 Å². The molecular formula is C22H28FN3O2. The highest BCUT2D eigenvalue weighted by molar-refractivity contribution is 5.93. The van der Waals surface area contributed by atoms with Crippen LogP contribution in [0.3, 0.4) is 0 Å². The largest absolute Gasteiger partial charge is 0.364 e. The highest BCUT2D eigenvalue weighted by atomic mass is 19.1. The average molecular weight is 385 g/mol. The molecule has 0 spiro atoms. The van der Waals surface area contributed by atoms with Gasteiger partial charge in [-0.2, -0.15) is 0 Å². The Kier molecular flexibility index (Phi) is 6.29. The Morgan fingerprint density at radius 2 is 1.96 bits per heavy atom. The lowest BCUT2D eigenvalue weighted by Gasteiger charge is -2.34. The number of pyridine rings is 1. The van der Waals surface area contributed by atoms with Crippen molar-refractivity contribution in [1.29, 1.82) is 0 Å². The number of aromatic amines is 1. The highest BCUT2D eigenvalue weighted by Crippen LogP contribution is 2.21. The van der Waals surface area contributed by atoms with Crippen LogP contribution < -0.4 is 5.43 Å². The summed E-state index contributed by atoms with van der Waals surface area (Å²) in [6.07, 6.45) is 2.35. The van der Waals surface area contributed by atoms with Gasteiger partial charge in [0.25, 0.3) is 5.91 Å². The predicted octanol–water partition coefficient (Wildman–Crippen LogP) is 3.20. The molecule has 1 aromatic heterocycles. The smallest absolute Gasteiger partial charge is 0.259 e. The zero-order chi connectivity index (χ0) is 20.3. The van der Waals surface area contributed by atoms with Gasteiger partial charge in [-0.15, -0.1) is 0 Å². The van der Waals surface area contributed by atoms with Gasteiger partial charge in [0.2, 0.25) is 0 Å². The van der Waals surface area contributed by atoms with E-state index in [9.17, 15) is 14.0 Å². The standard InChI is InChI=1S/C22H28FN3O2/c1-15(2)20-14-26(22(28)19-12-24-16(3)11-21(19)27)10-4-9-25(20)13-17-5-7-18(23)8-6-17/h5-8,11-12,15,20H,4,9-10,13-14H2,1-3H3,(H,24,27)/t20-/m0/s1. The van der Waals surface area contributed by atoms with Gasteiger partial charge in [-0.1, -0.05) is 26.0 Å². The molecular weight excluding hydrogens is 357 g/mol. The normalized spacial score (nSPS) is 18.3. The maximum atomic E-state index is 13.2. The van der Waals surface area contributed by atoms with Gasteiger partial charge < -0.3 is 9.88 Å². The van der Waals surface area contributed by atoms with Crippen LogP contribution in [-0.4, -0.2) is 46.4 Å². The first-order valence-electron chi connectivity index (χ1n) is 9.82. The number of nitrogens with one attached hydrogen (secondary N) is 1. The molecule has 1 N–H and O–H groups in total. The van der Waals surface area contributed by atoms with Gasteiger partial charge in [0.1, 0.15) is 11.4 Å². The minimum atomic E-state index is -0.241. The van der Waals surface area contributed by atoms with E-state index in [-0.39, 0.29) is 28.8 Å². The molecule has 1 aliphatic heterocycles. The van der Waals surface area contributed by atoms with E-state index in [2.05, 4.69) is 23.7 Å². The average Bonchev–Trinajstić information content (AvgIpc) is 2.86. The summed E-state index contributed by atoms with van der Waals surface area (Å²) < 4.78 is 13.2. The fourth-order valence-corrected chi connectivity index (χ4v) is 3.81. The quantitative estimate of drug-likeness (QED) is 0.879. The van der Waals surface area contributed by atoms with Crippen LogP contribution >= 0.6 is 0 Å². The molecule has 1 saturated heterocycles. The third kappa shape index (κ3) is 4.68. The second-order valence-corrected chi connectivity index (χ2v) is 7.91. The fourth-order valence-electron chi connectivity index (χ4n) is 3.81. The molecule has 28 heavy (non-hydrogen) atoms. The third-order valence-corrected chi connectivity index (χ3v) is 5.39. The maximum absolute atomic E-state index is 13.2. The molecule has 0 radical (unpaired) electrons. The summed E-state index contributed by atoms with van der Waals surface area (Å²) in [6, 6.07) is 8.22. The Labute approximate surface area is 165 Å². The first-order chi connectivity index (χ1) is 13.3. The summed E-state index contributed by atoms with van der Waals surface area (Å²) >= 11 is 0. The lowest BCUT2D eigenvalue weighted by Crippen LogP contribution is -2.46. The van der Waals surface area contributed by atoms with Crippen molar-refractivity contribution in [2.24, 2.45) is 5.92 Å². The molecule has 0 bridgehead atoms. The van der Waals surface area contributed by atoms with E-state index >= 15 is 0 Å². The lowest BCUT2D eigenvalue weighted by atomic mass is 10.0. The van der Waals surface area contributed by atoms with E-state index < -0.39 is 0 Å². The summed E-state index contributed by atoms with van der Waals surface area (Å²) in [5, 5.41) is 0. The Balaban J connectivity index is 1.79. The molecule has 3 rings (SSSR count). The monoisotopic (exact) mass is 385 g/mol. The SMILES string of the molecule is Cc1cc(=O)c(C(=O)N2CCCN(Cc3ccc(F)cc3)[C@H](C(C)C)C2)c[nH]1. The van der Waals surface area contributed by atoms with Crippen molar-refractivity contribution in [2.45, 2.75) is 39.8 Å². The first-order valence-corrected chi connectivity index (χ1v) is 9.82. The number of aryl methyl sites for hydroxylation is 1. The van der Waals surface area contributed by atoms with Crippen LogP contribution in [0, 0.1) is 18.7 Å². The van der Waals surface area contributed by atoms with Crippen molar-refractivity contribution in [3.8, 4) is 0 Å². The lowest BCUT2D eigenvalue weighted by molar-refractivity contribution is 0.0700. The number of halogens is 1. The van der Waals surface area contributed by atoms with Gasteiger partial charge in [-0.25, -0.2) is 4.39 Å². The van der Waals surface area contributed by atoms with Gasteiger partial charge in [-0.3, -0.25) is 14.5 Å². The second kappa shape index (κ2) is 8.69. The summed E-state index contributed by atoms with van der Waals surface area (Å²) in [4.78, 5) is 32.4. The molecule has 150 valence electrons. The number of H-pyrrole nitrogens is 1. The van der Waals surface area contributed by atoms with Crippen molar-refractivity contribution in [3.63, 3.8) is 0 Å². The van der Waals surface area contributed by atoms with E-state index in [0.29, 0.717) is 19.0 Å². The van der Waals surface area contributed by atoms with Crippen molar-refractivity contribution in [2.75, 3.05) is 19.6 Å². The number of carbonyl (C=O) groups excluding carboxylic acids is 1. The molecule has 1 amide bonds. The van der Waals surface area contributed by atoms with Crippen LogP contribution in [0.4, 0.5) is 4.39 Å². The second-order valence-electron chi connectivity index (χ2n) is 7.91. The number of rotatable bonds is 4. The van der Waals surface area contributed by atoms with Crippen LogP contribution in [0.1, 0.15) is 41.9 Å². The number of nitrogens with zero attached hydrogens (tertiary/aromatic N) is 2. The molecule has 1 aliphatic rings. The van der Waals surface area contributed by atoms with E-state index in [1.807, 2.05) is 12.1 Å². The predicted molar refractivity (Wildman–Crippen MR) is 108 cm³/mol. The molecule has 0 unspecified atom stereocenters. The van der Waals surface area contributed by atoms with Gasteiger partial charge in [0, 0.05) is 50.2 Å². The van der Waals surface area contributed by atoms with Gasteiger partial charge in [0.05, 0.1) is 0 Å². The summed E-state index contributed by atoms with van der Waals surface area (Å²) in [7, 11) is 0. The highest BCUT2D eigenvalue weighted by Gasteiger charge is 2.30. The Hall–Kier alpha value is -2.47. The van der Waals surface area contributed by atoms with Crippen LogP contribution in [0.25, 0.3) is 0 Å². The number of hydrogen-bond acceptors (Lipinski definition) is 3. The van der Waals surface area contributed by atoms with Crippen molar-refractivity contribution in [1.82, 2.24) is 14.8 Å². The zero-order valence-corrected chi connectivity index (χ0v) is 16.7. The van der Waals surface area contributed by atoms with Gasteiger partial charge in [-0.05, 0) is 37.0 Å². The minimum absolute atomic E-state index is 0.168. The van der Waals surface area contributed by atoms with E-state index in [1.54, 1.807) is 11.8 Å². The number of aromatic nitrogens is 1. The molecule has 1 atom stereocenters. The van der Waals surface area contributed by atoms with E-state index in [1.165, 1.54) is 24.4 Å². The molecule has 2 heterocycles. The summed E-state index contributed by atoms with van der Waals surface area (Å²) in [6.45, 7) is 8.86. The topological polar surface area (TPSA) is 56.4 Å².